The highest BCUT2D eigenvalue weighted by Crippen LogP contribution is 2.33. The molecule has 0 saturated carbocycles. The predicted molar refractivity (Wildman–Crippen MR) is 107 cm³/mol. The molecule has 2 aliphatic rings. The van der Waals surface area contributed by atoms with E-state index in [4.69, 9.17) is 11.6 Å². The van der Waals surface area contributed by atoms with Crippen LogP contribution in [0.15, 0.2) is 54.7 Å². The Morgan fingerprint density at radius 2 is 1.48 bits per heavy atom. The summed E-state index contributed by atoms with van der Waals surface area (Å²) in [5.41, 5.74) is 2.29. The number of fused-ring (bicyclic) bond motifs is 1. The summed E-state index contributed by atoms with van der Waals surface area (Å²) in [6, 6.07) is 14.0. The molecule has 6 heteroatoms. The summed E-state index contributed by atoms with van der Waals surface area (Å²) in [5, 5.41) is 0.559. The van der Waals surface area contributed by atoms with Crippen molar-refractivity contribution in [2.45, 2.75) is 0 Å². The summed E-state index contributed by atoms with van der Waals surface area (Å²) < 4.78 is 0. The van der Waals surface area contributed by atoms with Crippen LogP contribution >= 0.6 is 11.6 Å². The molecule has 138 valence electrons. The fourth-order valence-electron chi connectivity index (χ4n) is 3.44. The number of amides is 2. The number of imide groups is 1. The summed E-state index contributed by atoms with van der Waals surface area (Å²) in [7, 11) is 2.09. The van der Waals surface area contributed by atoms with Crippen molar-refractivity contribution in [3.63, 3.8) is 0 Å². The zero-order valence-electron chi connectivity index (χ0n) is 15.1. The molecule has 27 heavy (non-hydrogen) atoms. The fourth-order valence-corrected chi connectivity index (χ4v) is 3.56. The Bertz CT molecular complexity index is 915. The minimum absolute atomic E-state index is 0.306. The van der Waals surface area contributed by atoms with Crippen molar-refractivity contribution in [1.29, 1.82) is 0 Å². The average molecular weight is 382 g/mol. The maximum Gasteiger partial charge on any atom is 0.267 e. The fraction of sp³-hybridized carbons (Fsp3) is 0.238. The Hall–Kier alpha value is -2.63. The highest BCUT2D eigenvalue weighted by molar-refractivity contribution is 6.41. The lowest BCUT2D eigenvalue weighted by atomic mass is 9.93. The van der Waals surface area contributed by atoms with E-state index < -0.39 is 0 Å². The quantitative estimate of drug-likeness (QED) is 0.592. The van der Waals surface area contributed by atoms with Crippen LogP contribution < -0.4 is 4.90 Å². The Morgan fingerprint density at radius 1 is 0.852 bits per heavy atom. The van der Waals surface area contributed by atoms with E-state index in [0.29, 0.717) is 27.4 Å². The minimum Gasteiger partial charge on any atom is -0.374 e. The molecular formula is C21H20ClN3O2. The second-order valence-electron chi connectivity index (χ2n) is 6.85. The van der Waals surface area contributed by atoms with Gasteiger partial charge in [0.1, 0.15) is 0 Å². The van der Waals surface area contributed by atoms with Gasteiger partial charge in [0.05, 0.1) is 11.3 Å². The molecule has 4 rings (SSSR count). The number of halogens is 1. The summed E-state index contributed by atoms with van der Waals surface area (Å²) in [6.45, 7) is 3.59. The van der Waals surface area contributed by atoms with Crippen LogP contribution in [0.25, 0.3) is 5.57 Å². The van der Waals surface area contributed by atoms with Crippen LogP contribution in [-0.2, 0) is 4.79 Å². The van der Waals surface area contributed by atoms with Gasteiger partial charge >= 0.3 is 0 Å². The van der Waals surface area contributed by atoms with E-state index in [2.05, 4.69) is 16.8 Å². The number of anilines is 1. The van der Waals surface area contributed by atoms with Gasteiger partial charge in [-0.2, -0.15) is 0 Å². The molecule has 0 unspecified atom stereocenters. The molecule has 2 aromatic rings. The average Bonchev–Trinajstić information content (AvgIpc) is 2.68. The highest BCUT2D eigenvalue weighted by atomic mass is 35.5. The molecule has 1 saturated heterocycles. The summed E-state index contributed by atoms with van der Waals surface area (Å²) in [5.74, 6) is -0.617. The first-order chi connectivity index (χ1) is 13.0. The van der Waals surface area contributed by atoms with Gasteiger partial charge < -0.3 is 9.80 Å². The molecule has 2 aromatic carbocycles. The predicted octanol–water partition coefficient (Wildman–Crippen LogP) is 3.12. The number of hydrogen-bond donors (Lipinski definition) is 0. The number of benzene rings is 2. The van der Waals surface area contributed by atoms with Gasteiger partial charge in [0, 0.05) is 48.5 Å². The number of piperazine rings is 1. The van der Waals surface area contributed by atoms with Crippen LogP contribution in [0.4, 0.5) is 5.69 Å². The first-order valence-electron chi connectivity index (χ1n) is 8.93. The van der Waals surface area contributed by atoms with E-state index in [9.17, 15) is 9.59 Å². The minimum atomic E-state index is -0.312. The normalized spacial score (nSPS) is 19.6. The Balaban J connectivity index is 1.78. The molecule has 0 aromatic heterocycles. The van der Waals surface area contributed by atoms with Crippen molar-refractivity contribution < 1.29 is 9.59 Å². The van der Waals surface area contributed by atoms with Crippen LogP contribution in [0.3, 0.4) is 0 Å². The SMILES string of the molecule is CN1CCN(/C=C2\C(=O)N(c3ccc(Cl)cc3)C(=O)c3ccccc32)CC1. The highest BCUT2D eigenvalue weighted by Gasteiger charge is 2.36. The van der Waals surface area contributed by atoms with Crippen molar-refractivity contribution in [2.24, 2.45) is 0 Å². The molecule has 0 N–H and O–H groups in total. The number of rotatable bonds is 2. The van der Waals surface area contributed by atoms with Crippen LogP contribution in [-0.4, -0.2) is 54.8 Å². The van der Waals surface area contributed by atoms with Crippen LogP contribution in [0, 0.1) is 0 Å². The van der Waals surface area contributed by atoms with Gasteiger partial charge in [0.15, 0.2) is 0 Å². The van der Waals surface area contributed by atoms with Crippen LogP contribution in [0.2, 0.25) is 5.02 Å². The van der Waals surface area contributed by atoms with E-state index in [0.717, 1.165) is 26.2 Å². The van der Waals surface area contributed by atoms with Gasteiger partial charge in [-0.1, -0.05) is 29.8 Å². The third-order valence-corrected chi connectivity index (χ3v) is 5.27. The molecular weight excluding hydrogens is 362 g/mol. The van der Waals surface area contributed by atoms with Crippen LogP contribution in [0.1, 0.15) is 15.9 Å². The third kappa shape index (κ3) is 3.36. The standard InChI is InChI=1S/C21H20ClN3O2/c1-23-10-12-24(13-11-23)14-19-17-4-2-3-5-18(17)20(26)25(21(19)27)16-8-6-15(22)7-9-16/h2-9,14H,10-13H2,1H3/b19-14-. The molecule has 5 nitrogen and oxygen atoms in total. The van der Waals surface area contributed by atoms with Crippen molar-refractivity contribution in [3.8, 4) is 0 Å². The monoisotopic (exact) mass is 381 g/mol. The van der Waals surface area contributed by atoms with E-state index in [-0.39, 0.29) is 11.8 Å². The summed E-state index contributed by atoms with van der Waals surface area (Å²) >= 11 is 5.96. The Kier molecular flexibility index (Phi) is 4.72. The molecule has 0 aliphatic carbocycles. The van der Waals surface area contributed by atoms with E-state index in [1.807, 2.05) is 24.4 Å². The first kappa shape index (κ1) is 17.8. The van der Waals surface area contributed by atoms with Crippen LogP contribution in [0.5, 0.6) is 0 Å². The van der Waals surface area contributed by atoms with Gasteiger partial charge in [-0.25, -0.2) is 4.90 Å². The molecule has 2 aliphatic heterocycles. The van der Waals surface area contributed by atoms with Crippen molar-refractivity contribution in [2.75, 3.05) is 38.1 Å². The molecule has 0 bridgehead atoms. The second-order valence-corrected chi connectivity index (χ2v) is 7.29. The molecule has 0 atom stereocenters. The molecule has 2 amide bonds. The van der Waals surface area contributed by atoms with Crippen molar-refractivity contribution in [3.05, 3.63) is 70.9 Å². The van der Waals surface area contributed by atoms with E-state index >= 15 is 0 Å². The largest absolute Gasteiger partial charge is 0.374 e. The smallest absolute Gasteiger partial charge is 0.267 e. The number of hydrogen-bond acceptors (Lipinski definition) is 4. The Morgan fingerprint density at radius 3 is 2.15 bits per heavy atom. The number of nitrogens with zero attached hydrogens (tertiary/aromatic N) is 3. The second kappa shape index (κ2) is 7.18. The number of likely N-dealkylation sites (N-methyl/N-ethyl adjacent to an activating group) is 1. The lowest BCUT2D eigenvalue weighted by Gasteiger charge is -2.34. The summed E-state index contributed by atoms with van der Waals surface area (Å²) in [4.78, 5) is 32.0. The lowest BCUT2D eigenvalue weighted by molar-refractivity contribution is -0.112. The lowest BCUT2D eigenvalue weighted by Crippen LogP contribution is -2.44. The van der Waals surface area contributed by atoms with Gasteiger partial charge in [0.25, 0.3) is 11.8 Å². The van der Waals surface area contributed by atoms with E-state index in [1.165, 1.54) is 4.90 Å². The first-order valence-corrected chi connectivity index (χ1v) is 9.30. The Labute approximate surface area is 163 Å². The van der Waals surface area contributed by atoms with Gasteiger partial charge in [-0.3, -0.25) is 9.59 Å². The molecule has 2 heterocycles. The summed E-state index contributed by atoms with van der Waals surface area (Å²) in [6.07, 6.45) is 1.91. The van der Waals surface area contributed by atoms with Gasteiger partial charge in [-0.05, 0) is 37.4 Å². The number of carbonyl (C=O) groups is 2. The maximum absolute atomic E-state index is 13.3. The van der Waals surface area contributed by atoms with Gasteiger partial charge in [0.2, 0.25) is 0 Å². The van der Waals surface area contributed by atoms with E-state index in [1.54, 1.807) is 30.3 Å². The zero-order chi connectivity index (χ0) is 19.0. The molecule has 0 radical (unpaired) electrons. The van der Waals surface area contributed by atoms with Gasteiger partial charge in [-0.15, -0.1) is 0 Å². The topological polar surface area (TPSA) is 43.9 Å². The third-order valence-electron chi connectivity index (χ3n) is 5.02. The number of carbonyl (C=O) groups excluding carboxylic acids is 2. The zero-order valence-corrected chi connectivity index (χ0v) is 15.8. The molecule has 1 fully saturated rings. The van der Waals surface area contributed by atoms with Crippen molar-refractivity contribution >= 4 is 34.7 Å². The maximum atomic E-state index is 13.3. The molecule has 0 spiro atoms. The van der Waals surface area contributed by atoms with Crippen molar-refractivity contribution in [1.82, 2.24) is 9.80 Å².